The van der Waals surface area contributed by atoms with E-state index in [0.29, 0.717) is 28.1 Å². The highest BCUT2D eigenvalue weighted by molar-refractivity contribution is 6.02. The molecule has 0 saturated heterocycles. The largest absolute Gasteiger partial charge is 0.448 e. The normalized spacial score (nSPS) is 11.6. The van der Waals surface area contributed by atoms with Gasteiger partial charge < -0.3 is 15.0 Å². The fourth-order valence-corrected chi connectivity index (χ4v) is 2.79. The van der Waals surface area contributed by atoms with Gasteiger partial charge in [-0.1, -0.05) is 0 Å². The van der Waals surface area contributed by atoms with Gasteiger partial charge >= 0.3 is 5.97 Å². The van der Waals surface area contributed by atoms with Crippen LogP contribution in [-0.2, 0) is 9.53 Å². The first-order valence-electron chi connectivity index (χ1n) is 8.44. The van der Waals surface area contributed by atoms with Crippen LogP contribution in [0.15, 0.2) is 24.3 Å². The molecular formula is C20H22N2O5. The van der Waals surface area contributed by atoms with Crippen LogP contribution >= 0.6 is 0 Å². The number of anilines is 1. The highest BCUT2D eigenvalue weighted by Crippen LogP contribution is 2.20. The average molecular weight is 370 g/mol. The fourth-order valence-electron chi connectivity index (χ4n) is 2.79. The Hall–Kier alpha value is -3.22. The summed E-state index contributed by atoms with van der Waals surface area (Å²) in [6.07, 6.45) is -1.05. The number of ketones is 2. The Bertz CT molecular complexity index is 909. The molecule has 0 bridgehead atoms. The Labute approximate surface area is 157 Å². The van der Waals surface area contributed by atoms with E-state index in [2.05, 4.69) is 10.3 Å². The Kier molecular flexibility index (Phi) is 5.95. The average Bonchev–Trinajstić information content (AvgIpc) is 2.89. The molecule has 2 N–H and O–H groups in total. The van der Waals surface area contributed by atoms with Gasteiger partial charge in [-0.2, -0.15) is 0 Å². The van der Waals surface area contributed by atoms with Crippen molar-refractivity contribution in [3.63, 3.8) is 0 Å². The van der Waals surface area contributed by atoms with Gasteiger partial charge in [0, 0.05) is 22.5 Å². The van der Waals surface area contributed by atoms with E-state index < -0.39 is 18.0 Å². The van der Waals surface area contributed by atoms with Crippen molar-refractivity contribution in [2.24, 2.45) is 0 Å². The van der Waals surface area contributed by atoms with Crippen LogP contribution in [0, 0.1) is 13.8 Å². The number of rotatable bonds is 6. The van der Waals surface area contributed by atoms with Crippen molar-refractivity contribution in [1.82, 2.24) is 4.98 Å². The highest BCUT2D eigenvalue weighted by Gasteiger charge is 2.24. The van der Waals surface area contributed by atoms with Gasteiger partial charge in [-0.25, -0.2) is 4.79 Å². The molecule has 1 aromatic heterocycles. The molecule has 0 radical (unpaired) electrons. The van der Waals surface area contributed by atoms with E-state index in [1.165, 1.54) is 20.8 Å². The molecule has 1 atom stereocenters. The quantitative estimate of drug-likeness (QED) is 0.600. The van der Waals surface area contributed by atoms with Gasteiger partial charge in [0.15, 0.2) is 17.7 Å². The van der Waals surface area contributed by atoms with Gasteiger partial charge in [0.1, 0.15) is 5.69 Å². The van der Waals surface area contributed by atoms with Crippen molar-refractivity contribution in [3.05, 3.63) is 52.3 Å². The van der Waals surface area contributed by atoms with Crippen LogP contribution in [0.2, 0.25) is 0 Å². The zero-order chi connectivity index (χ0) is 20.3. The molecular weight excluding hydrogens is 348 g/mol. The van der Waals surface area contributed by atoms with Crippen molar-refractivity contribution >= 4 is 29.1 Å². The molecule has 1 aromatic carbocycles. The third-order valence-corrected chi connectivity index (χ3v) is 4.21. The number of amides is 1. The van der Waals surface area contributed by atoms with Crippen LogP contribution in [0.25, 0.3) is 0 Å². The number of aromatic amines is 1. The van der Waals surface area contributed by atoms with E-state index in [9.17, 15) is 19.2 Å². The summed E-state index contributed by atoms with van der Waals surface area (Å²) in [5.41, 5.74) is 2.70. The molecule has 1 amide bonds. The molecule has 2 rings (SSSR count). The smallest absolute Gasteiger partial charge is 0.355 e. The van der Waals surface area contributed by atoms with Crippen LogP contribution < -0.4 is 5.32 Å². The Morgan fingerprint density at radius 1 is 1.00 bits per heavy atom. The number of Topliss-reactive ketones (excluding diaryl/α,β-unsaturated/α-hetero) is 2. The van der Waals surface area contributed by atoms with Crippen molar-refractivity contribution < 1.29 is 23.9 Å². The van der Waals surface area contributed by atoms with E-state index in [4.69, 9.17) is 4.74 Å². The minimum Gasteiger partial charge on any atom is -0.448 e. The topological polar surface area (TPSA) is 105 Å². The van der Waals surface area contributed by atoms with Crippen LogP contribution in [0.5, 0.6) is 0 Å². The summed E-state index contributed by atoms with van der Waals surface area (Å²) >= 11 is 0. The summed E-state index contributed by atoms with van der Waals surface area (Å²) in [6.45, 7) is 7.68. The molecule has 0 aliphatic carbocycles. The number of benzene rings is 1. The van der Waals surface area contributed by atoms with E-state index in [1.54, 1.807) is 38.1 Å². The summed E-state index contributed by atoms with van der Waals surface area (Å²) in [6, 6.07) is 6.40. The van der Waals surface area contributed by atoms with Gasteiger partial charge in [0.05, 0.1) is 0 Å². The second-order valence-electron chi connectivity index (χ2n) is 6.35. The van der Waals surface area contributed by atoms with Crippen LogP contribution in [0.3, 0.4) is 0 Å². The van der Waals surface area contributed by atoms with Gasteiger partial charge in [-0.05, 0) is 64.4 Å². The lowest BCUT2D eigenvalue weighted by Gasteiger charge is -2.13. The second kappa shape index (κ2) is 7.99. The third-order valence-electron chi connectivity index (χ3n) is 4.21. The summed E-state index contributed by atoms with van der Waals surface area (Å²) in [5.74, 6) is -1.44. The Morgan fingerprint density at radius 2 is 1.59 bits per heavy atom. The number of carbonyl (C=O) groups is 4. The predicted molar refractivity (Wildman–Crippen MR) is 100 cm³/mol. The zero-order valence-electron chi connectivity index (χ0n) is 15.9. The number of ether oxygens (including phenoxy) is 1. The van der Waals surface area contributed by atoms with Crippen molar-refractivity contribution in [2.75, 3.05) is 5.32 Å². The molecule has 7 heteroatoms. The summed E-state index contributed by atoms with van der Waals surface area (Å²) in [7, 11) is 0. The maximum Gasteiger partial charge on any atom is 0.355 e. The van der Waals surface area contributed by atoms with Crippen molar-refractivity contribution in [1.29, 1.82) is 0 Å². The van der Waals surface area contributed by atoms with E-state index in [-0.39, 0.29) is 17.3 Å². The first kappa shape index (κ1) is 20.1. The molecule has 0 unspecified atom stereocenters. The molecule has 0 fully saturated rings. The summed E-state index contributed by atoms with van der Waals surface area (Å²) < 4.78 is 5.21. The number of aromatic nitrogens is 1. The molecule has 1 heterocycles. The van der Waals surface area contributed by atoms with E-state index in [1.807, 2.05) is 0 Å². The lowest BCUT2D eigenvalue weighted by atomic mass is 10.1. The minimum absolute atomic E-state index is 0.0725. The molecule has 2 aromatic rings. The Morgan fingerprint density at radius 3 is 2.07 bits per heavy atom. The number of H-pyrrole nitrogens is 1. The monoisotopic (exact) mass is 370 g/mol. The maximum absolute atomic E-state index is 12.4. The van der Waals surface area contributed by atoms with Gasteiger partial charge in [0.2, 0.25) is 0 Å². The standard InChI is InChI=1S/C20H22N2O5/c1-10-17(13(4)24)11(2)21-18(10)20(26)27-14(5)19(25)22-16-8-6-15(7-9-16)12(3)23/h6-9,14,21H,1-5H3,(H,22,25)/t14-/m0/s1. The number of hydrogen-bond donors (Lipinski definition) is 2. The number of esters is 1. The first-order valence-corrected chi connectivity index (χ1v) is 8.44. The third kappa shape index (κ3) is 4.49. The number of carbonyl (C=O) groups excluding carboxylic acids is 4. The van der Waals surface area contributed by atoms with Crippen molar-refractivity contribution in [3.8, 4) is 0 Å². The Balaban J connectivity index is 2.05. The molecule has 0 spiro atoms. The molecule has 0 aliphatic rings. The van der Waals surface area contributed by atoms with Gasteiger partial charge in [-0.3, -0.25) is 14.4 Å². The molecule has 142 valence electrons. The SMILES string of the molecule is CC(=O)c1ccc(NC(=O)[C@H](C)OC(=O)c2[nH]c(C)c(C(C)=O)c2C)cc1. The predicted octanol–water partition coefficient (Wildman–Crippen LogP) is 3.22. The second-order valence-corrected chi connectivity index (χ2v) is 6.35. The van der Waals surface area contributed by atoms with Crippen LogP contribution in [0.4, 0.5) is 5.69 Å². The van der Waals surface area contributed by atoms with Crippen LogP contribution in [-0.4, -0.2) is 34.5 Å². The molecule has 7 nitrogen and oxygen atoms in total. The number of hydrogen-bond acceptors (Lipinski definition) is 5. The first-order chi connectivity index (χ1) is 12.6. The molecule has 0 aliphatic heterocycles. The zero-order valence-corrected chi connectivity index (χ0v) is 15.9. The van der Waals surface area contributed by atoms with E-state index >= 15 is 0 Å². The highest BCUT2D eigenvalue weighted by atomic mass is 16.5. The van der Waals surface area contributed by atoms with Gasteiger partial charge in [-0.15, -0.1) is 0 Å². The van der Waals surface area contributed by atoms with Crippen LogP contribution in [0.1, 0.15) is 63.2 Å². The molecule has 0 saturated carbocycles. The number of aryl methyl sites for hydroxylation is 1. The number of nitrogens with one attached hydrogen (secondary N) is 2. The lowest BCUT2D eigenvalue weighted by molar-refractivity contribution is -0.123. The molecule has 27 heavy (non-hydrogen) atoms. The van der Waals surface area contributed by atoms with E-state index in [0.717, 1.165) is 0 Å². The maximum atomic E-state index is 12.4. The fraction of sp³-hybridized carbons (Fsp3) is 0.300. The summed E-state index contributed by atoms with van der Waals surface area (Å²) in [5, 5.41) is 2.62. The summed E-state index contributed by atoms with van der Waals surface area (Å²) in [4.78, 5) is 50.4. The van der Waals surface area contributed by atoms with Gasteiger partial charge in [0.25, 0.3) is 5.91 Å². The minimum atomic E-state index is -1.05. The lowest BCUT2D eigenvalue weighted by Crippen LogP contribution is -2.30. The van der Waals surface area contributed by atoms with Crippen molar-refractivity contribution in [2.45, 2.75) is 40.7 Å².